The first-order valence-corrected chi connectivity index (χ1v) is 10.3. The van der Waals surface area contributed by atoms with Gasteiger partial charge in [-0.3, -0.25) is 4.90 Å². The van der Waals surface area contributed by atoms with Gasteiger partial charge in [0.1, 0.15) is 6.10 Å². The van der Waals surface area contributed by atoms with Crippen molar-refractivity contribution in [2.75, 3.05) is 33.9 Å². The molecule has 0 radical (unpaired) electrons. The summed E-state index contributed by atoms with van der Waals surface area (Å²) in [5, 5.41) is 0. The fraction of sp³-hybridized carbons (Fsp3) is 0.682. The zero-order valence-electron chi connectivity index (χ0n) is 17.7. The number of benzene rings is 1. The number of piperidine rings is 1. The first-order valence-electron chi connectivity index (χ1n) is 10.3. The van der Waals surface area contributed by atoms with Gasteiger partial charge < -0.3 is 18.9 Å². The molecule has 0 spiro atoms. The van der Waals surface area contributed by atoms with Crippen LogP contribution < -0.4 is 9.47 Å². The molecule has 0 saturated carbocycles. The first-order chi connectivity index (χ1) is 13.5. The minimum Gasteiger partial charge on any atom is -0.493 e. The van der Waals surface area contributed by atoms with E-state index in [1.807, 2.05) is 0 Å². The topological polar surface area (TPSA) is 57.2 Å². The predicted octanol–water partition coefficient (Wildman–Crippen LogP) is 4.21. The molecule has 1 saturated heterocycles. The molecule has 2 aliphatic rings. The van der Waals surface area contributed by atoms with Gasteiger partial charge in [0.05, 0.1) is 20.8 Å². The standard InChI is InChI=1S/C22H33NO5/c1-6-27-22(24)28-19-12-18-17-11-21(26-5)20(25-4)10-15(17)7-8-23(18)13-16(19)9-14(2)3/h10-11,14,16,18-19H,6-9,12-13H2,1-5H3/t16-,18-,19-/m1/s1. The Kier molecular flexibility index (Phi) is 6.70. The highest BCUT2D eigenvalue weighted by Crippen LogP contribution is 2.44. The van der Waals surface area contributed by atoms with E-state index in [2.05, 4.69) is 30.9 Å². The fourth-order valence-corrected chi connectivity index (χ4v) is 4.66. The second-order valence-electron chi connectivity index (χ2n) is 8.13. The fourth-order valence-electron chi connectivity index (χ4n) is 4.66. The number of hydrogen-bond donors (Lipinski definition) is 0. The number of carbonyl (C=O) groups is 1. The Labute approximate surface area is 168 Å². The van der Waals surface area contributed by atoms with Crippen LogP contribution in [0.4, 0.5) is 4.79 Å². The molecule has 3 rings (SSSR count). The highest BCUT2D eigenvalue weighted by atomic mass is 16.7. The highest BCUT2D eigenvalue weighted by molar-refractivity contribution is 5.60. The molecule has 2 heterocycles. The van der Waals surface area contributed by atoms with Gasteiger partial charge in [0.15, 0.2) is 11.5 Å². The van der Waals surface area contributed by atoms with Crippen LogP contribution in [-0.2, 0) is 15.9 Å². The Hall–Kier alpha value is -1.95. The van der Waals surface area contributed by atoms with Gasteiger partial charge in [-0.2, -0.15) is 0 Å². The quantitative estimate of drug-likeness (QED) is 0.677. The highest BCUT2D eigenvalue weighted by Gasteiger charge is 2.41. The second-order valence-corrected chi connectivity index (χ2v) is 8.13. The van der Waals surface area contributed by atoms with Gasteiger partial charge in [-0.1, -0.05) is 13.8 Å². The van der Waals surface area contributed by atoms with Crippen molar-refractivity contribution in [3.63, 3.8) is 0 Å². The number of hydrogen-bond acceptors (Lipinski definition) is 6. The Balaban J connectivity index is 1.87. The van der Waals surface area contributed by atoms with E-state index in [1.54, 1.807) is 21.1 Å². The van der Waals surface area contributed by atoms with Crippen LogP contribution in [0.1, 0.15) is 50.8 Å². The molecule has 1 aromatic rings. The van der Waals surface area contributed by atoms with Crippen LogP contribution in [0.15, 0.2) is 12.1 Å². The second kappa shape index (κ2) is 9.03. The number of ether oxygens (including phenoxy) is 4. The van der Waals surface area contributed by atoms with Crippen LogP contribution in [0.25, 0.3) is 0 Å². The monoisotopic (exact) mass is 391 g/mol. The summed E-state index contributed by atoms with van der Waals surface area (Å²) in [5.74, 6) is 2.39. The van der Waals surface area contributed by atoms with Crippen molar-refractivity contribution in [3.8, 4) is 11.5 Å². The molecule has 0 amide bonds. The first kappa shape index (κ1) is 20.8. The van der Waals surface area contributed by atoms with E-state index < -0.39 is 6.16 Å². The van der Waals surface area contributed by atoms with Gasteiger partial charge in [0.2, 0.25) is 0 Å². The van der Waals surface area contributed by atoms with E-state index in [0.29, 0.717) is 18.4 Å². The van der Waals surface area contributed by atoms with Gasteiger partial charge in [-0.15, -0.1) is 0 Å². The summed E-state index contributed by atoms with van der Waals surface area (Å²) in [7, 11) is 3.33. The molecule has 1 fully saturated rings. The smallest absolute Gasteiger partial charge is 0.493 e. The predicted molar refractivity (Wildman–Crippen MR) is 107 cm³/mol. The van der Waals surface area contributed by atoms with Crippen molar-refractivity contribution in [3.05, 3.63) is 23.3 Å². The number of methoxy groups -OCH3 is 2. The molecule has 0 N–H and O–H groups in total. The molecule has 2 aliphatic heterocycles. The summed E-state index contributed by atoms with van der Waals surface area (Å²) in [6, 6.07) is 4.40. The Morgan fingerprint density at radius 3 is 2.57 bits per heavy atom. The van der Waals surface area contributed by atoms with Crippen LogP contribution in [-0.4, -0.2) is 51.1 Å². The van der Waals surface area contributed by atoms with E-state index in [-0.39, 0.29) is 12.1 Å². The number of fused-ring (bicyclic) bond motifs is 3. The lowest BCUT2D eigenvalue weighted by molar-refractivity contribution is -0.0529. The van der Waals surface area contributed by atoms with Crippen LogP contribution in [0.2, 0.25) is 0 Å². The lowest BCUT2D eigenvalue weighted by atomic mass is 9.79. The summed E-state index contributed by atoms with van der Waals surface area (Å²) in [4.78, 5) is 14.6. The van der Waals surface area contributed by atoms with Crippen molar-refractivity contribution < 1.29 is 23.7 Å². The average molecular weight is 392 g/mol. The third kappa shape index (κ3) is 4.37. The lowest BCUT2D eigenvalue weighted by Gasteiger charge is -2.47. The average Bonchev–Trinajstić information content (AvgIpc) is 2.67. The van der Waals surface area contributed by atoms with Crippen LogP contribution in [0, 0.1) is 11.8 Å². The maximum atomic E-state index is 12.0. The molecule has 0 bridgehead atoms. The van der Waals surface area contributed by atoms with E-state index in [9.17, 15) is 4.79 Å². The van der Waals surface area contributed by atoms with Crippen LogP contribution in [0.5, 0.6) is 11.5 Å². The van der Waals surface area contributed by atoms with E-state index in [4.69, 9.17) is 18.9 Å². The Bertz CT molecular complexity index is 690. The lowest BCUT2D eigenvalue weighted by Crippen LogP contribution is -2.49. The molecule has 6 nitrogen and oxygen atoms in total. The van der Waals surface area contributed by atoms with Crippen LogP contribution >= 0.6 is 0 Å². The molecule has 0 unspecified atom stereocenters. The molecule has 0 aromatic heterocycles. The van der Waals surface area contributed by atoms with Crippen molar-refractivity contribution in [2.24, 2.45) is 11.8 Å². The minimum absolute atomic E-state index is 0.137. The zero-order chi connectivity index (χ0) is 20.3. The third-order valence-electron chi connectivity index (χ3n) is 5.85. The van der Waals surface area contributed by atoms with Crippen molar-refractivity contribution in [1.82, 2.24) is 4.90 Å². The molecule has 6 heteroatoms. The zero-order valence-corrected chi connectivity index (χ0v) is 17.7. The van der Waals surface area contributed by atoms with E-state index in [1.165, 1.54) is 11.1 Å². The number of carbonyl (C=O) groups excluding carboxylic acids is 1. The number of rotatable bonds is 6. The molecule has 0 aliphatic carbocycles. The molecule has 1 aromatic carbocycles. The van der Waals surface area contributed by atoms with Gasteiger partial charge in [-0.05, 0) is 48.9 Å². The Morgan fingerprint density at radius 2 is 1.93 bits per heavy atom. The maximum Gasteiger partial charge on any atom is 0.508 e. The van der Waals surface area contributed by atoms with Crippen molar-refractivity contribution >= 4 is 6.16 Å². The summed E-state index contributed by atoms with van der Waals surface area (Å²) >= 11 is 0. The third-order valence-corrected chi connectivity index (χ3v) is 5.85. The molecule has 28 heavy (non-hydrogen) atoms. The summed E-state index contributed by atoms with van der Waals surface area (Å²) in [6.07, 6.45) is 2.11. The van der Waals surface area contributed by atoms with Gasteiger partial charge in [0.25, 0.3) is 0 Å². The summed E-state index contributed by atoms with van der Waals surface area (Å²) in [6.45, 7) is 8.50. The van der Waals surface area contributed by atoms with E-state index >= 15 is 0 Å². The SMILES string of the molecule is CCOC(=O)O[C@@H]1C[C@@H]2c3cc(OC)c(OC)cc3CCN2C[C@H]1CC(C)C. The maximum absolute atomic E-state index is 12.0. The minimum atomic E-state index is -0.557. The van der Waals surface area contributed by atoms with Gasteiger partial charge in [0, 0.05) is 31.5 Å². The van der Waals surface area contributed by atoms with Crippen molar-refractivity contribution in [1.29, 1.82) is 0 Å². The normalized spacial score (nSPS) is 24.3. The van der Waals surface area contributed by atoms with Gasteiger partial charge >= 0.3 is 6.16 Å². The number of nitrogens with zero attached hydrogens (tertiary/aromatic N) is 1. The molecule has 156 valence electrons. The summed E-state index contributed by atoms with van der Waals surface area (Å²) < 4.78 is 21.8. The molecular formula is C22H33NO5. The molecular weight excluding hydrogens is 358 g/mol. The summed E-state index contributed by atoms with van der Waals surface area (Å²) in [5.41, 5.74) is 2.54. The van der Waals surface area contributed by atoms with Crippen LogP contribution in [0.3, 0.4) is 0 Å². The van der Waals surface area contributed by atoms with E-state index in [0.717, 1.165) is 43.9 Å². The Morgan fingerprint density at radius 1 is 1.21 bits per heavy atom. The largest absolute Gasteiger partial charge is 0.508 e. The van der Waals surface area contributed by atoms with Gasteiger partial charge in [-0.25, -0.2) is 4.79 Å². The van der Waals surface area contributed by atoms with Crippen molar-refractivity contribution in [2.45, 2.75) is 52.2 Å². The molecule has 3 atom stereocenters.